The van der Waals surface area contributed by atoms with Gasteiger partial charge in [0.2, 0.25) is 0 Å². The topological polar surface area (TPSA) is 27.7 Å². The third-order valence-electron chi connectivity index (χ3n) is 1.93. The summed E-state index contributed by atoms with van der Waals surface area (Å²) in [6.07, 6.45) is 2.09. The lowest BCUT2D eigenvalue weighted by molar-refractivity contribution is 0.0983. The molecule has 0 atom stereocenters. The molecule has 0 N–H and O–H groups in total. The van der Waals surface area contributed by atoms with Crippen LogP contribution in [-0.4, -0.2) is 35.4 Å². The fraction of sp³-hybridized carbons (Fsp3) is 1.00. The lowest BCUT2D eigenvalue weighted by atomic mass is 10.4. The molecule has 0 fully saturated rings. The summed E-state index contributed by atoms with van der Waals surface area (Å²) in [5, 5.41) is 0. The molecule has 0 aliphatic heterocycles. The Hall–Kier alpha value is 0.447. The standard InChI is InChI=1S/C8H20O3SSi/c1-4-13(9-2,10-3)11-7-5-6-8-12/h12H,4-8H2,1-3H3. The number of thiol groups is 1. The lowest BCUT2D eigenvalue weighted by Crippen LogP contribution is -2.43. The zero-order valence-electron chi connectivity index (χ0n) is 8.71. The lowest BCUT2D eigenvalue weighted by Gasteiger charge is -2.24. The molecule has 0 aromatic heterocycles. The number of hydrogen-bond donors (Lipinski definition) is 1. The molecule has 0 saturated heterocycles. The van der Waals surface area contributed by atoms with E-state index >= 15 is 0 Å². The monoisotopic (exact) mass is 224 g/mol. The highest BCUT2D eigenvalue weighted by Gasteiger charge is 2.36. The highest BCUT2D eigenvalue weighted by molar-refractivity contribution is 7.80. The van der Waals surface area contributed by atoms with Crippen molar-refractivity contribution < 1.29 is 13.3 Å². The smallest absolute Gasteiger partial charge is 0.377 e. The average Bonchev–Trinajstić information content (AvgIpc) is 2.20. The second kappa shape index (κ2) is 7.81. The molecule has 0 heterocycles. The van der Waals surface area contributed by atoms with E-state index in [9.17, 15) is 0 Å². The van der Waals surface area contributed by atoms with E-state index in [2.05, 4.69) is 12.6 Å². The van der Waals surface area contributed by atoms with Gasteiger partial charge in [0.15, 0.2) is 0 Å². The summed E-state index contributed by atoms with van der Waals surface area (Å²) in [6.45, 7) is 2.74. The molecule has 0 aliphatic rings. The van der Waals surface area contributed by atoms with Crippen LogP contribution in [0, 0.1) is 0 Å². The van der Waals surface area contributed by atoms with Gasteiger partial charge in [-0.1, -0.05) is 6.92 Å². The Morgan fingerprint density at radius 2 is 1.77 bits per heavy atom. The molecule has 0 radical (unpaired) electrons. The van der Waals surface area contributed by atoms with Crippen molar-refractivity contribution >= 4 is 21.4 Å². The van der Waals surface area contributed by atoms with Gasteiger partial charge in [-0.3, -0.25) is 0 Å². The van der Waals surface area contributed by atoms with Crippen LogP contribution in [-0.2, 0) is 13.3 Å². The first-order chi connectivity index (χ1) is 6.24. The minimum Gasteiger partial charge on any atom is -0.377 e. The van der Waals surface area contributed by atoms with Gasteiger partial charge in [0.05, 0.1) is 0 Å². The van der Waals surface area contributed by atoms with Crippen LogP contribution in [0.4, 0.5) is 0 Å². The molecule has 0 saturated carbocycles. The van der Waals surface area contributed by atoms with Crippen molar-refractivity contribution in [2.24, 2.45) is 0 Å². The maximum absolute atomic E-state index is 5.64. The van der Waals surface area contributed by atoms with Crippen LogP contribution in [0.15, 0.2) is 0 Å². The molecule has 0 aromatic carbocycles. The summed E-state index contributed by atoms with van der Waals surface area (Å²) in [5.74, 6) is 0.907. The quantitative estimate of drug-likeness (QED) is 0.388. The van der Waals surface area contributed by atoms with E-state index in [4.69, 9.17) is 13.3 Å². The molecule has 0 rings (SSSR count). The third kappa shape index (κ3) is 5.02. The zero-order chi connectivity index (χ0) is 10.2. The zero-order valence-corrected chi connectivity index (χ0v) is 10.6. The van der Waals surface area contributed by atoms with Crippen molar-refractivity contribution in [2.45, 2.75) is 25.8 Å². The van der Waals surface area contributed by atoms with Gasteiger partial charge in [0, 0.05) is 26.9 Å². The second-order valence-corrected chi connectivity index (χ2v) is 6.35. The predicted octanol–water partition coefficient (Wildman–Crippen LogP) is 1.96. The average molecular weight is 224 g/mol. The summed E-state index contributed by atoms with van der Waals surface area (Å²) in [5.41, 5.74) is 0. The Kier molecular flexibility index (Phi) is 8.08. The van der Waals surface area contributed by atoms with Crippen molar-refractivity contribution in [2.75, 3.05) is 26.6 Å². The molecule has 0 unspecified atom stereocenters. The van der Waals surface area contributed by atoms with Gasteiger partial charge in [0.25, 0.3) is 0 Å². The van der Waals surface area contributed by atoms with Gasteiger partial charge in [0.1, 0.15) is 0 Å². The van der Waals surface area contributed by atoms with Gasteiger partial charge in [-0.2, -0.15) is 12.6 Å². The summed E-state index contributed by atoms with van der Waals surface area (Å²) in [6, 6.07) is 0.820. The maximum atomic E-state index is 5.64. The van der Waals surface area contributed by atoms with Crippen molar-refractivity contribution in [1.29, 1.82) is 0 Å². The molecule has 13 heavy (non-hydrogen) atoms. The van der Waals surface area contributed by atoms with Crippen LogP contribution in [0.1, 0.15) is 19.8 Å². The van der Waals surface area contributed by atoms with Crippen molar-refractivity contribution in [3.8, 4) is 0 Å². The largest absolute Gasteiger partial charge is 0.500 e. The third-order valence-corrected chi connectivity index (χ3v) is 5.00. The normalized spacial score (nSPS) is 12.0. The van der Waals surface area contributed by atoms with E-state index in [1.54, 1.807) is 14.2 Å². The van der Waals surface area contributed by atoms with E-state index < -0.39 is 8.80 Å². The van der Waals surface area contributed by atoms with Crippen LogP contribution in [0.3, 0.4) is 0 Å². The number of unbranched alkanes of at least 4 members (excludes halogenated alkanes) is 1. The first-order valence-electron chi connectivity index (χ1n) is 4.59. The summed E-state index contributed by atoms with van der Waals surface area (Å²) in [4.78, 5) is 0. The first-order valence-corrected chi connectivity index (χ1v) is 7.16. The molecule has 0 spiro atoms. The van der Waals surface area contributed by atoms with Gasteiger partial charge in [-0.25, -0.2) is 0 Å². The highest BCUT2D eigenvalue weighted by Crippen LogP contribution is 2.13. The molecular formula is C8H20O3SSi. The van der Waals surface area contributed by atoms with Crippen molar-refractivity contribution in [3.63, 3.8) is 0 Å². The van der Waals surface area contributed by atoms with Crippen LogP contribution < -0.4 is 0 Å². The van der Waals surface area contributed by atoms with E-state index in [1.807, 2.05) is 6.92 Å². The Bertz CT molecular complexity index is 112. The predicted molar refractivity (Wildman–Crippen MR) is 59.3 cm³/mol. The molecule has 80 valence electrons. The van der Waals surface area contributed by atoms with Gasteiger partial charge < -0.3 is 13.3 Å². The minimum atomic E-state index is -2.29. The summed E-state index contributed by atoms with van der Waals surface area (Å²) in [7, 11) is 1.01. The SMILES string of the molecule is CC[Si](OC)(OC)OCCCCS. The van der Waals surface area contributed by atoms with Gasteiger partial charge >= 0.3 is 8.80 Å². The van der Waals surface area contributed by atoms with Crippen LogP contribution in [0.25, 0.3) is 0 Å². The van der Waals surface area contributed by atoms with Crippen molar-refractivity contribution in [1.82, 2.24) is 0 Å². The van der Waals surface area contributed by atoms with Crippen LogP contribution in [0.5, 0.6) is 0 Å². The Balaban J connectivity index is 3.68. The Morgan fingerprint density at radius 1 is 1.15 bits per heavy atom. The maximum Gasteiger partial charge on any atom is 0.500 e. The molecule has 0 aliphatic carbocycles. The first kappa shape index (κ1) is 13.4. The number of hydrogen-bond acceptors (Lipinski definition) is 4. The molecular weight excluding hydrogens is 204 g/mol. The van der Waals surface area contributed by atoms with E-state index in [1.165, 1.54) is 0 Å². The fourth-order valence-corrected chi connectivity index (χ4v) is 2.90. The van der Waals surface area contributed by atoms with Gasteiger partial charge in [-0.05, 0) is 18.6 Å². The summed E-state index contributed by atoms with van der Waals surface area (Å²) < 4.78 is 16.2. The van der Waals surface area contributed by atoms with Crippen LogP contribution >= 0.6 is 12.6 Å². The van der Waals surface area contributed by atoms with Gasteiger partial charge in [-0.15, -0.1) is 0 Å². The number of rotatable bonds is 8. The van der Waals surface area contributed by atoms with Crippen molar-refractivity contribution in [3.05, 3.63) is 0 Å². The summed E-state index contributed by atoms with van der Waals surface area (Å²) >= 11 is 4.13. The second-order valence-electron chi connectivity index (χ2n) is 2.72. The van der Waals surface area contributed by atoms with E-state index in [-0.39, 0.29) is 0 Å². The molecule has 3 nitrogen and oxygen atoms in total. The molecule has 5 heteroatoms. The molecule has 0 bridgehead atoms. The fourth-order valence-electron chi connectivity index (χ4n) is 1.03. The van der Waals surface area contributed by atoms with E-state index in [0.717, 1.165) is 24.6 Å². The minimum absolute atomic E-state index is 0.711. The molecule has 0 aromatic rings. The molecule has 0 amide bonds. The van der Waals surface area contributed by atoms with E-state index in [0.29, 0.717) is 6.61 Å². The Labute approximate surface area is 87.5 Å². The highest BCUT2D eigenvalue weighted by atomic mass is 32.1. The van der Waals surface area contributed by atoms with Crippen LogP contribution in [0.2, 0.25) is 6.04 Å². The Morgan fingerprint density at radius 3 is 2.15 bits per heavy atom.